The van der Waals surface area contributed by atoms with E-state index in [1.165, 1.54) is 0 Å². The quantitative estimate of drug-likeness (QED) is 0.738. The van der Waals surface area contributed by atoms with Gasteiger partial charge in [0.1, 0.15) is 5.60 Å². The molecule has 0 spiro atoms. The summed E-state index contributed by atoms with van der Waals surface area (Å²) in [4.78, 5) is 13.4. The van der Waals surface area contributed by atoms with Crippen molar-refractivity contribution in [1.82, 2.24) is 4.90 Å². The van der Waals surface area contributed by atoms with Crippen molar-refractivity contribution >= 4 is 6.09 Å². The van der Waals surface area contributed by atoms with E-state index in [0.717, 1.165) is 6.42 Å². The molecule has 0 aromatic heterocycles. The highest BCUT2D eigenvalue weighted by molar-refractivity contribution is 5.68. The Kier molecular flexibility index (Phi) is 7.15. The van der Waals surface area contributed by atoms with Crippen LogP contribution >= 0.6 is 0 Å². The first-order chi connectivity index (χ1) is 7.80. The normalized spacial score (nSPS) is 13.3. The minimum atomic E-state index is -0.494. The molecule has 5 heteroatoms. The highest BCUT2D eigenvalue weighted by Crippen LogP contribution is 2.11. The molecule has 5 nitrogen and oxygen atoms in total. The van der Waals surface area contributed by atoms with Crippen molar-refractivity contribution in [2.24, 2.45) is 11.7 Å². The summed E-state index contributed by atoms with van der Waals surface area (Å²) in [7, 11) is 0. The number of hydrogen-bond acceptors (Lipinski definition) is 4. The number of nitrogens with zero attached hydrogens (tertiary/aromatic N) is 1. The van der Waals surface area contributed by atoms with Crippen LogP contribution < -0.4 is 5.73 Å². The van der Waals surface area contributed by atoms with Crippen LogP contribution in [0.3, 0.4) is 0 Å². The van der Waals surface area contributed by atoms with E-state index in [4.69, 9.17) is 15.6 Å². The molecule has 1 atom stereocenters. The Labute approximate surface area is 104 Å². The van der Waals surface area contributed by atoms with Gasteiger partial charge in [-0.1, -0.05) is 6.92 Å². The van der Waals surface area contributed by atoms with Gasteiger partial charge in [0.25, 0.3) is 0 Å². The zero-order valence-electron chi connectivity index (χ0n) is 11.4. The molecule has 0 aliphatic carbocycles. The van der Waals surface area contributed by atoms with Crippen LogP contribution in [-0.2, 0) is 4.74 Å². The molecule has 0 radical (unpaired) electrons. The molecule has 0 fully saturated rings. The van der Waals surface area contributed by atoms with E-state index in [1.807, 2.05) is 27.7 Å². The predicted octanol–water partition coefficient (Wildman–Crippen LogP) is 1.20. The third-order valence-electron chi connectivity index (χ3n) is 2.25. The molecule has 0 aliphatic rings. The van der Waals surface area contributed by atoms with Gasteiger partial charge in [0.05, 0.1) is 0 Å². The molecule has 0 aromatic carbocycles. The summed E-state index contributed by atoms with van der Waals surface area (Å²) in [6, 6.07) is 0. The SMILES string of the molecule is CC(CO)CCN(CCN)C(=O)OC(C)(C)C. The maximum Gasteiger partial charge on any atom is 0.410 e. The lowest BCUT2D eigenvalue weighted by Gasteiger charge is -2.27. The Morgan fingerprint density at radius 1 is 1.41 bits per heavy atom. The first-order valence-electron chi connectivity index (χ1n) is 6.09. The molecule has 0 aliphatic heterocycles. The lowest BCUT2D eigenvalue weighted by atomic mass is 10.1. The van der Waals surface area contributed by atoms with E-state index in [1.54, 1.807) is 4.90 Å². The van der Waals surface area contributed by atoms with Crippen LogP contribution in [0.2, 0.25) is 0 Å². The van der Waals surface area contributed by atoms with Gasteiger partial charge in [0.2, 0.25) is 0 Å². The molecule has 102 valence electrons. The van der Waals surface area contributed by atoms with E-state index in [9.17, 15) is 4.79 Å². The number of carbonyl (C=O) groups is 1. The monoisotopic (exact) mass is 246 g/mol. The van der Waals surface area contributed by atoms with Crippen molar-refractivity contribution in [1.29, 1.82) is 0 Å². The van der Waals surface area contributed by atoms with E-state index in [2.05, 4.69) is 0 Å². The summed E-state index contributed by atoms with van der Waals surface area (Å²) in [6.07, 6.45) is 0.406. The lowest BCUT2D eigenvalue weighted by molar-refractivity contribution is 0.0242. The van der Waals surface area contributed by atoms with Crippen molar-refractivity contribution < 1.29 is 14.6 Å². The van der Waals surface area contributed by atoms with Crippen LogP contribution in [0.1, 0.15) is 34.1 Å². The largest absolute Gasteiger partial charge is 0.444 e. The Bertz CT molecular complexity index is 226. The third-order valence-corrected chi connectivity index (χ3v) is 2.25. The zero-order chi connectivity index (χ0) is 13.5. The molecule has 1 amide bonds. The van der Waals surface area contributed by atoms with Crippen LogP contribution in [0.4, 0.5) is 4.79 Å². The van der Waals surface area contributed by atoms with Gasteiger partial charge in [-0.05, 0) is 33.1 Å². The van der Waals surface area contributed by atoms with E-state index < -0.39 is 5.60 Å². The molecule has 1 unspecified atom stereocenters. The fourth-order valence-electron chi connectivity index (χ4n) is 1.24. The number of nitrogens with two attached hydrogens (primary N) is 1. The summed E-state index contributed by atoms with van der Waals surface area (Å²) in [5.74, 6) is 0.178. The summed E-state index contributed by atoms with van der Waals surface area (Å²) in [6.45, 7) is 9.03. The molecule has 17 heavy (non-hydrogen) atoms. The summed E-state index contributed by atoms with van der Waals surface area (Å²) < 4.78 is 5.29. The Morgan fingerprint density at radius 3 is 2.41 bits per heavy atom. The molecule has 0 saturated carbocycles. The molecular formula is C12H26N2O3. The number of carbonyl (C=O) groups excluding carboxylic acids is 1. The minimum absolute atomic E-state index is 0.130. The number of rotatable bonds is 6. The highest BCUT2D eigenvalue weighted by Gasteiger charge is 2.21. The highest BCUT2D eigenvalue weighted by atomic mass is 16.6. The van der Waals surface area contributed by atoms with Crippen molar-refractivity contribution in [3.63, 3.8) is 0 Å². The Morgan fingerprint density at radius 2 is 2.00 bits per heavy atom. The lowest BCUT2D eigenvalue weighted by Crippen LogP contribution is -2.40. The molecule has 3 N–H and O–H groups in total. The molecule has 0 bridgehead atoms. The number of amides is 1. The zero-order valence-corrected chi connectivity index (χ0v) is 11.4. The summed E-state index contributed by atoms with van der Waals surface area (Å²) in [5, 5.41) is 8.94. The maximum absolute atomic E-state index is 11.8. The summed E-state index contributed by atoms with van der Waals surface area (Å²) in [5.41, 5.74) is 4.98. The van der Waals surface area contributed by atoms with Crippen LogP contribution in [0.5, 0.6) is 0 Å². The Balaban J connectivity index is 4.26. The van der Waals surface area contributed by atoms with Gasteiger partial charge in [-0.2, -0.15) is 0 Å². The number of aliphatic hydroxyl groups excluding tert-OH is 1. The van der Waals surface area contributed by atoms with Crippen LogP contribution in [-0.4, -0.2) is 47.9 Å². The third kappa shape index (κ3) is 7.99. The fraction of sp³-hybridized carbons (Fsp3) is 0.917. The molecule has 0 saturated heterocycles. The maximum atomic E-state index is 11.8. The Hall–Kier alpha value is -0.810. The van der Waals surface area contributed by atoms with Gasteiger partial charge < -0.3 is 20.5 Å². The molecule has 0 heterocycles. The van der Waals surface area contributed by atoms with E-state index in [-0.39, 0.29) is 18.6 Å². The topological polar surface area (TPSA) is 75.8 Å². The average molecular weight is 246 g/mol. The minimum Gasteiger partial charge on any atom is -0.444 e. The van der Waals surface area contributed by atoms with Crippen molar-refractivity contribution in [2.45, 2.75) is 39.7 Å². The average Bonchev–Trinajstić information content (AvgIpc) is 2.20. The fourth-order valence-corrected chi connectivity index (χ4v) is 1.24. The smallest absolute Gasteiger partial charge is 0.410 e. The molecular weight excluding hydrogens is 220 g/mol. The molecule has 0 aromatic rings. The number of aliphatic hydroxyl groups is 1. The second-order valence-electron chi connectivity index (χ2n) is 5.33. The van der Waals surface area contributed by atoms with Crippen molar-refractivity contribution in [3.05, 3.63) is 0 Å². The van der Waals surface area contributed by atoms with E-state index >= 15 is 0 Å². The molecule has 0 rings (SSSR count). The van der Waals surface area contributed by atoms with Gasteiger partial charge in [-0.15, -0.1) is 0 Å². The van der Waals surface area contributed by atoms with Crippen LogP contribution in [0.15, 0.2) is 0 Å². The van der Waals surface area contributed by atoms with Crippen molar-refractivity contribution in [2.75, 3.05) is 26.2 Å². The van der Waals surface area contributed by atoms with Crippen LogP contribution in [0.25, 0.3) is 0 Å². The second-order valence-corrected chi connectivity index (χ2v) is 5.33. The standard InChI is InChI=1S/C12H26N2O3/c1-10(9-15)5-7-14(8-6-13)11(16)17-12(2,3)4/h10,15H,5-9,13H2,1-4H3. The first-order valence-corrected chi connectivity index (χ1v) is 6.09. The van der Waals surface area contributed by atoms with Crippen LogP contribution in [0, 0.1) is 5.92 Å². The second kappa shape index (κ2) is 7.50. The van der Waals surface area contributed by atoms with Gasteiger partial charge in [0.15, 0.2) is 0 Å². The number of hydrogen-bond donors (Lipinski definition) is 2. The predicted molar refractivity (Wildman–Crippen MR) is 67.7 cm³/mol. The first kappa shape index (κ1) is 16.2. The van der Waals surface area contributed by atoms with Gasteiger partial charge in [0, 0.05) is 26.2 Å². The van der Waals surface area contributed by atoms with Gasteiger partial charge >= 0.3 is 6.09 Å². The van der Waals surface area contributed by atoms with E-state index in [0.29, 0.717) is 19.6 Å². The summed E-state index contributed by atoms with van der Waals surface area (Å²) >= 11 is 0. The van der Waals surface area contributed by atoms with Crippen molar-refractivity contribution in [3.8, 4) is 0 Å². The van der Waals surface area contributed by atoms with Gasteiger partial charge in [-0.3, -0.25) is 0 Å². The van der Waals surface area contributed by atoms with Gasteiger partial charge in [-0.25, -0.2) is 4.79 Å². The number of ether oxygens (including phenoxy) is 1.